The third-order valence-electron chi connectivity index (χ3n) is 4.99. The zero-order valence-electron chi connectivity index (χ0n) is 16.5. The van der Waals surface area contributed by atoms with Crippen LogP contribution in [0, 0.1) is 52.4 Å². The van der Waals surface area contributed by atoms with Crippen molar-refractivity contribution in [3.05, 3.63) is 101 Å². The molecule has 0 aliphatic carbocycles. The van der Waals surface area contributed by atoms with Gasteiger partial charge in [0.25, 0.3) is 0 Å². The van der Waals surface area contributed by atoms with Gasteiger partial charge in [0.2, 0.25) is 0 Å². The van der Waals surface area contributed by atoms with Gasteiger partial charge in [-0.05, 0) is 81.9 Å². The summed E-state index contributed by atoms with van der Waals surface area (Å²) in [6.07, 6.45) is 0. The minimum Gasteiger partial charge on any atom is -0.508 e. The molecule has 0 saturated carbocycles. The molecule has 0 saturated heterocycles. The maximum absolute atomic E-state index is 14.0. The van der Waals surface area contributed by atoms with Gasteiger partial charge in [-0.3, -0.25) is 0 Å². The van der Waals surface area contributed by atoms with Gasteiger partial charge in [0.1, 0.15) is 5.75 Å². The molecule has 0 aliphatic heterocycles. The monoisotopic (exact) mass is 484 g/mol. The van der Waals surface area contributed by atoms with Crippen molar-refractivity contribution in [2.75, 3.05) is 0 Å². The number of benzene rings is 4. The number of halogens is 9. The van der Waals surface area contributed by atoms with E-state index in [4.69, 9.17) is 0 Å². The highest BCUT2D eigenvalue weighted by Gasteiger charge is 2.23. The Bertz CT molecular complexity index is 1320. The van der Waals surface area contributed by atoms with E-state index in [1.54, 1.807) is 0 Å². The van der Waals surface area contributed by atoms with Gasteiger partial charge in [0.05, 0.1) is 0 Å². The molecule has 0 amide bonds. The average Bonchev–Trinajstić information content (AvgIpc) is 2.77. The summed E-state index contributed by atoms with van der Waals surface area (Å²) in [5, 5.41) is 10.2. The summed E-state index contributed by atoms with van der Waals surface area (Å²) >= 11 is 0. The molecule has 10 heteroatoms. The van der Waals surface area contributed by atoms with Crippen LogP contribution in [0.4, 0.5) is 39.5 Å². The second-order valence-corrected chi connectivity index (χ2v) is 7.18. The Morgan fingerprint density at radius 3 is 0.941 bits per heavy atom. The SMILES string of the molecule is Oc1cc(-c2cc(F)c(F)c(F)c2)c(-c2cc(F)c(F)c(F)c2)c(-c2cc(F)c(F)c(F)c2)c1. The summed E-state index contributed by atoms with van der Waals surface area (Å²) in [5.41, 5.74) is -2.50. The zero-order valence-corrected chi connectivity index (χ0v) is 16.5. The van der Waals surface area contributed by atoms with Crippen LogP contribution in [0.5, 0.6) is 5.75 Å². The largest absolute Gasteiger partial charge is 0.508 e. The molecule has 4 rings (SSSR count). The standard InChI is InChI=1S/C24H9F9O/c25-15-1-9(2-16(26)22(15)31)13-7-12(34)8-14(10-3-17(27)23(32)18(28)4-10)21(13)11-5-19(29)24(33)20(30)6-11/h1-8,34H. The van der Waals surface area contributed by atoms with Crippen molar-refractivity contribution in [3.63, 3.8) is 0 Å². The van der Waals surface area contributed by atoms with Crippen molar-refractivity contribution in [2.45, 2.75) is 0 Å². The number of rotatable bonds is 3. The van der Waals surface area contributed by atoms with Crippen molar-refractivity contribution in [3.8, 4) is 39.1 Å². The van der Waals surface area contributed by atoms with Gasteiger partial charge in [-0.2, -0.15) is 0 Å². The van der Waals surface area contributed by atoms with Gasteiger partial charge in [-0.15, -0.1) is 0 Å². The summed E-state index contributed by atoms with van der Waals surface area (Å²) in [5.74, 6) is -16.1. The average molecular weight is 484 g/mol. The molecule has 0 heterocycles. The van der Waals surface area contributed by atoms with Crippen molar-refractivity contribution >= 4 is 0 Å². The fourth-order valence-electron chi connectivity index (χ4n) is 3.52. The molecule has 1 nitrogen and oxygen atoms in total. The van der Waals surface area contributed by atoms with Crippen molar-refractivity contribution in [1.29, 1.82) is 0 Å². The van der Waals surface area contributed by atoms with Gasteiger partial charge in [-0.25, -0.2) is 39.5 Å². The summed E-state index contributed by atoms with van der Waals surface area (Å²) in [4.78, 5) is 0. The normalized spacial score (nSPS) is 11.2. The summed E-state index contributed by atoms with van der Waals surface area (Å²) in [6.45, 7) is 0. The van der Waals surface area contributed by atoms with E-state index >= 15 is 0 Å². The predicted octanol–water partition coefficient (Wildman–Crippen LogP) is 7.65. The van der Waals surface area contributed by atoms with Crippen LogP contribution in [-0.2, 0) is 0 Å². The second kappa shape index (κ2) is 8.44. The number of aromatic hydroxyl groups is 1. The minimum atomic E-state index is -1.84. The maximum atomic E-state index is 14.0. The van der Waals surface area contributed by atoms with Gasteiger partial charge in [0.15, 0.2) is 52.4 Å². The van der Waals surface area contributed by atoms with Crippen LogP contribution >= 0.6 is 0 Å². The Morgan fingerprint density at radius 1 is 0.382 bits per heavy atom. The molecule has 0 radical (unpaired) electrons. The quantitative estimate of drug-likeness (QED) is 0.234. The van der Waals surface area contributed by atoms with E-state index < -0.39 is 74.8 Å². The Hall–Kier alpha value is -3.95. The van der Waals surface area contributed by atoms with Crippen molar-refractivity contribution in [1.82, 2.24) is 0 Å². The molecular formula is C24H9F9O. The molecule has 34 heavy (non-hydrogen) atoms. The third kappa shape index (κ3) is 3.95. The second-order valence-electron chi connectivity index (χ2n) is 7.18. The predicted molar refractivity (Wildman–Crippen MR) is 104 cm³/mol. The molecule has 0 unspecified atom stereocenters. The Balaban J connectivity index is 2.15. The van der Waals surface area contributed by atoms with Crippen molar-refractivity contribution < 1.29 is 44.6 Å². The number of hydrogen-bond acceptors (Lipinski definition) is 1. The van der Waals surface area contributed by atoms with E-state index in [2.05, 4.69) is 0 Å². The van der Waals surface area contributed by atoms with Gasteiger partial charge < -0.3 is 5.11 Å². The Morgan fingerprint density at radius 2 is 0.647 bits per heavy atom. The lowest BCUT2D eigenvalue weighted by atomic mass is 9.87. The Kier molecular flexibility index (Phi) is 5.76. The first-order valence-electron chi connectivity index (χ1n) is 9.29. The smallest absolute Gasteiger partial charge is 0.194 e. The first-order valence-corrected chi connectivity index (χ1v) is 9.29. The summed E-state index contributed by atoms with van der Waals surface area (Å²) in [7, 11) is 0. The van der Waals surface area contributed by atoms with Gasteiger partial charge in [0, 0.05) is 0 Å². The third-order valence-corrected chi connectivity index (χ3v) is 4.99. The Labute approximate surface area is 185 Å². The molecule has 4 aromatic carbocycles. The minimum absolute atomic E-state index is 0.372. The fourth-order valence-corrected chi connectivity index (χ4v) is 3.52. The number of phenols is 1. The lowest BCUT2D eigenvalue weighted by Crippen LogP contribution is -1.99. The molecule has 174 valence electrons. The highest BCUT2D eigenvalue weighted by atomic mass is 19.2. The molecule has 0 spiro atoms. The molecule has 0 fully saturated rings. The van der Waals surface area contributed by atoms with E-state index in [1.165, 1.54) is 0 Å². The van der Waals surface area contributed by atoms with E-state index in [0.29, 0.717) is 36.4 Å². The van der Waals surface area contributed by atoms with Crippen LogP contribution in [0.3, 0.4) is 0 Å². The first-order chi connectivity index (χ1) is 16.0. The van der Waals surface area contributed by atoms with E-state index in [1.807, 2.05) is 0 Å². The van der Waals surface area contributed by atoms with Crippen LogP contribution in [-0.4, -0.2) is 5.11 Å². The topological polar surface area (TPSA) is 20.2 Å². The molecule has 0 atom stereocenters. The van der Waals surface area contributed by atoms with E-state index in [0.717, 1.165) is 12.1 Å². The molecule has 0 aromatic heterocycles. The van der Waals surface area contributed by atoms with Crippen LogP contribution < -0.4 is 0 Å². The highest BCUT2D eigenvalue weighted by molar-refractivity contribution is 5.95. The summed E-state index contributed by atoms with van der Waals surface area (Å²) < 4.78 is 124. The molecule has 0 bridgehead atoms. The molecular weight excluding hydrogens is 475 g/mol. The van der Waals surface area contributed by atoms with Gasteiger partial charge in [-0.1, -0.05) is 0 Å². The van der Waals surface area contributed by atoms with Crippen LogP contribution in [0.15, 0.2) is 48.5 Å². The first kappa shape index (κ1) is 23.2. The van der Waals surface area contributed by atoms with Crippen LogP contribution in [0.1, 0.15) is 0 Å². The lowest BCUT2D eigenvalue weighted by Gasteiger charge is -2.18. The van der Waals surface area contributed by atoms with Crippen molar-refractivity contribution in [2.24, 2.45) is 0 Å². The lowest BCUT2D eigenvalue weighted by molar-refractivity contribution is 0.447. The maximum Gasteiger partial charge on any atom is 0.194 e. The summed E-state index contributed by atoms with van der Waals surface area (Å²) in [6, 6.07) is 4.74. The van der Waals surface area contributed by atoms with E-state index in [9.17, 15) is 44.6 Å². The zero-order chi connectivity index (χ0) is 24.9. The number of phenolic OH excluding ortho intramolecular Hbond substituents is 1. The van der Waals surface area contributed by atoms with Crippen LogP contribution in [0.2, 0.25) is 0 Å². The molecule has 1 N–H and O–H groups in total. The highest BCUT2D eigenvalue weighted by Crippen LogP contribution is 2.44. The molecule has 4 aromatic rings. The number of hydrogen-bond donors (Lipinski definition) is 1. The fraction of sp³-hybridized carbons (Fsp3) is 0. The van der Waals surface area contributed by atoms with Crippen LogP contribution in [0.25, 0.3) is 33.4 Å². The van der Waals surface area contributed by atoms with E-state index in [-0.39, 0.29) is 16.7 Å². The molecule has 0 aliphatic rings. The van der Waals surface area contributed by atoms with Gasteiger partial charge >= 0.3 is 0 Å².